The van der Waals surface area contributed by atoms with E-state index in [2.05, 4.69) is 6.58 Å². The quantitative estimate of drug-likeness (QED) is 0.422. The van der Waals surface area contributed by atoms with E-state index < -0.39 is 0 Å². The van der Waals surface area contributed by atoms with E-state index in [0.29, 0.717) is 34.8 Å². The zero-order valence-corrected chi connectivity index (χ0v) is 14.6. The molecule has 0 aliphatic heterocycles. The highest BCUT2D eigenvalue weighted by Crippen LogP contribution is 2.33. The Bertz CT molecular complexity index is 914. The summed E-state index contributed by atoms with van der Waals surface area (Å²) in [4.78, 5) is 13.0. The summed E-state index contributed by atoms with van der Waals surface area (Å²) in [5.74, 6) is 1.78. The van der Waals surface area contributed by atoms with E-state index in [0.717, 1.165) is 5.56 Å². The van der Waals surface area contributed by atoms with Crippen LogP contribution in [0.2, 0.25) is 0 Å². The first kappa shape index (κ1) is 17.5. The third-order valence-electron chi connectivity index (χ3n) is 4.00. The van der Waals surface area contributed by atoms with Gasteiger partial charge in [0.2, 0.25) is 0 Å². The lowest BCUT2D eigenvalue weighted by molar-refractivity contribution is 0.103. The molecule has 0 bridgehead atoms. The van der Waals surface area contributed by atoms with Gasteiger partial charge in [-0.3, -0.25) is 4.79 Å². The molecule has 0 amide bonds. The van der Waals surface area contributed by atoms with Crippen molar-refractivity contribution < 1.29 is 14.3 Å². The molecule has 0 N–H and O–H groups in total. The Morgan fingerprint density at radius 3 is 2.42 bits per heavy atom. The summed E-state index contributed by atoms with van der Waals surface area (Å²) < 4.78 is 11.4. The lowest BCUT2D eigenvalue weighted by Gasteiger charge is -2.15. The van der Waals surface area contributed by atoms with Crippen LogP contribution in [0.15, 0.2) is 85.5 Å². The van der Waals surface area contributed by atoms with E-state index >= 15 is 0 Å². The summed E-state index contributed by atoms with van der Waals surface area (Å²) in [6, 6.07) is 22.1. The minimum absolute atomic E-state index is 0.0746. The van der Waals surface area contributed by atoms with Crippen LogP contribution in [0.25, 0.3) is 0 Å². The van der Waals surface area contributed by atoms with E-state index in [1.807, 2.05) is 48.5 Å². The average Bonchev–Trinajstić information content (AvgIpc) is 2.70. The van der Waals surface area contributed by atoms with Crippen LogP contribution in [0.5, 0.6) is 17.2 Å². The lowest BCUT2D eigenvalue weighted by Crippen LogP contribution is -2.05. The predicted molar refractivity (Wildman–Crippen MR) is 103 cm³/mol. The Morgan fingerprint density at radius 2 is 1.69 bits per heavy atom. The first-order valence-corrected chi connectivity index (χ1v) is 8.37. The zero-order valence-electron chi connectivity index (χ0n) is 14.6. The van der Waals surface area contributed by atoms with Gasteiger partial charge in [-0.2, -0.15) is 0 Å². The summed E-state index contributed by atoms with van der Waals surface area (Å²) in [7, 11) is 1.61. The van der Waals surface area contributed by atoms with Gasteiger partial charge in [-0.1, -0.05) is 54.6 Å². The summed E-state index contributed by atoms with van der Waals surface area (Å²) >= 11 is 0. The average molecular weight is 344 g/mol. The fourth-order valence-electron chi connectivity index (χ4n) is 2.73. The highest BCUT2D eigenvalue weighted by molar-refractivity contribution is 6.11. The van der Waals surface area contributed by atoms with Crippen molar-refractivity contribution >= 4 is 5.78 Å². The van der Waals surface area contributed by atoms with Gasteiger partial charge in [-0.15, -0.1) is 6.58 Å². The molecule has 3 aromatic rings. The highest BCUT2D eigenvalue weighted by Gasteiger charge is 2.18. The largest absolute Gasteiger partial charge is 0.497 e. The molecule has 130 valence electrons. The van der Waals surface area contributed by atoms with Crippen molar-refractivity contribution in [2.24, 2.45) is 0 Å². The molecule has 0 unspecified atom stereocenters. The van der Waals surface area contributed by atoms with Crippen LogP contribution >= 0.6 is 0 Å². The van der Waals surface area contributed by atoms with Crippen LogP contribution in [0, 0.1) is 0 Å². The highest BCUT2D eigenvalue weighted by atomic mass is 16.5. The number of benzene rings is 3. The topological polar surface area (TPSA) is 35.5 Å². The molecule has 0 saturated heterocycles. The second-order valence-corrected chi connectivity index (χ2v) is 5.76. The van der Waals surface area contributed by atoms with Crippen molar-refractivity contribution in [2.75, 3.05) is 7.11 Å². The van der Waals surface area contributed by atoms with Crippen LogP contribution in [0.4, 0.5) is 0 Å². The van der Waals surface area contributed by atoms with Crippen molar-refractivity contribution in [3.05, 3.63) is 102 Å². The van der Waals surface area contributed by atoms with Crippen molar-refractivity contribution in [3.8, 4) is 17.2 Å². The second-order valence-electron chi connectivity index (χ2n) is 5.76. The monoisotopic (exact) mass is 344 g/mol. The van der Waals surface area contributed by atoms with Gasteiger partial charge in [-0.05, 0) is 30.2 Å². The smallest absolute Gasteiger partial charge is 0.196 e. The molecule has 26 heavy (non-hydrogen) atoms. The van der Waals surface area contributed by atoms with Crippen LogP contribution in [-0.2, 0) is 6.42 Å². The molecule has 0 radical (unpaired) electrons. The third kappa shape index (κ3) is 3.83. The second kappa shape index (κ2) is 8.17. The first-order valence-electron chi connectivity index (χ1n) is 8.37. The van der Waals surface area contributed by atoms with Gasteiger partial charge in [0.1, 0.15) is 17.2 Å². The minimum atomic E-state index is -0.0746. The molecular formula is C23H20O3. The number of hydrogen-bond acceptors (Lipinski definition) is 3. The van der Waals surface area contributed by atoms with E-state index in [9.17, 15) is 4.79 Å². The van der Waals surface area contributed by atoms with E-state index in [1.54, 1.807) is 37.5 Å². The van der Waals surface area contributed by atoms with Crippen LogP contribution < -0.4 is 9.47 Å². The number of hydrogen-bond donors (Lipinski definition) is 0. The summed E-state index contributed by atoms with van der Waals surface area (Å²) in [6.45, 7) is 3.80. The number of ketones is 1. The van der Waals surface area contributed by atoms with Crippen LogP contribution in [0.3, 0.4) is 0 Å². The van der Waals surface area contributed by atoms with E-state index in [4.69, 9.17) is 9.47 Å². The molecule has 0 saturated carbocycles. The Morgan fingerprint density at radius 1 is 0.962 bits per heavy atom. The Balaban J connectivity index is 2.06. The van der Waals surface area contributed by atoms with Crippen molar-refractivity contribution in [3.63, 3.8) is 0 Å². The van der Waals surface area contributed by atoms with Crippen LogP contribution in [-0.4, -0.2) is 12.9 Å². The van der Waals surface area contributed by atoms with E-state index in [-0.39, 0.29) is 5.78 Å². The molecule has 3 aromatic carbocycles. The maximum Gasteiger partial charge on any atom is 0.196 e. The molecule has 0 fully saturated rings. The first-order chi connectivity index (χ1) is 12.7. The number of carbonyl (C=O) groups excluding carboxylic acids is 1. The summed E-state index contributed by atoms with van der Waals surface area (Å²) in [6.07, 6.45) is 2.40. The van der Waals surface area contributed by atoms with Gasteiger partial charge < -0.3 is 9.47 Å². The van der Waals surface area contributed by atoms with Gasteiger partial charge in [0.15, 0.2) is 5.78 Å². The number of allylic oxidation sites excluding steroid dienone is 1. The molecule has 3 rings (SSSR count). The fourth-order valence-corrected chi connectivity index (χ4v) is 2.73. The van der Waals surface area contributed by atoms with Crippen molar-refractivity contribution in [2.45, 2.75) is 6.42 Å². The number of carbonyl (C=O) groups is 1. The van der Waals surface area contributed by atoms with Crippen LogP contribution in [0.1, 0.15) is 21.5 Å². The fraction of sp³-hybridized carbons (Fsp3) is 0.0870. The van der Waals surface area contributed by atoms with Gasteiger partial charge in [0.05, 0.1) is 12.7 Å². The zero-order chi connectivity index (χ0) is 18.4. The molecule has 0 atom stereocenters. The van der Waals surface area contributed by atoms with Gasteiger partial charge >= 0.3 is 0 Å². The molecule has 0 aliphatic carbocycles. The SMILES string of the molecule is C=CCc1cccc(C(=O)c2ccccc2)c1Oc1cccc(OC)c1. The maximum absolute atomic E-state index is 13.0. The predicted octanol–water partition coefficient (Wildman–Crippen LogP) is 5.45. The Kier molecular flexibility index (Phi) is 5.49. The summed E-state index contributed by atoms with van der Waals surface area (Å²) in [5.41, 5.74) is 2.06. The van der Waals surface area contributed by atoms with Gasteiger partial charge in [0, 0.05) is 11.6 Å². The normalized spacial score (nSPS) is 10.2. The number of ether oxygens (including phenoxy) is 2. The maximum atomic E-state index is 13.0. The number of methoxy groups -OCH3 is 1. The van der Waals surface area contributed by atoms with Crippen molar-refractivity contribution in [1.29, 1.82) is 0 Å². The molecule has 3 heteroatoms. The molecule has 0 aliphatic rings. The molecule has 0 aromatic heterocycles. The standard InChI is InChI=1S/C23H20O3/c1-3-9-18-12-7-15-21(22(24)17-10-5-4-6-11-17)23(18)26-20-14-8-13-19(16-20)25-2/h3-8,10-16H,1,9H2,2H3. The van der Waals surface area contributed by atoms with Gasteiger partial charge in [-0.25, -0.2) is 0 Å². The minimum Gasteiger partial charge on any atom is -0.497 e. The third-order valence-corrected chi connectivity index (χ3v) is 4.00. The number of para-hydroxylation sites is 1. The lowest BCUT2D eigenvalue weighted by atomic mass is 9.98. The van der Waals surface area contributed by atoms with E-state index in [1.165, 1.54) is 0 Å². The molecule has 3 nitrogen and oxygen atoms in total. The Labute approximate surface area is 153 Å². The molecule has 0 heterocycles. The molecular weight excluding hydrogens is 324 g/mol. The summed E-state index contributed by atoms with van der Waals surface area (Å²) in [5, 5.41) is 0. The number of rotatable bonds is 7. The van der Waals surface area contributed by atoms with Gasteiger partial charge in [0.25, 0.3) is 0 Å². The Hall–Kier alpha value is -3.33. The molecule has 0 spiro atoms. The van der Waals surface area contributed by atoms with Crippen molar-refractivity contribution in [1.82, 2.24) is 0 Å².